The predicted molar refractivity (Wildman–Crippen MR) is 66.3 cm³/mol. The summed E-state index contributed by atoms with van der Waals surface area (Å²) in [7, 11) is 3.17. The molecular formula is C11H15ClN2O2. The van der Waals surface area contributed by atoms with Crippen LogP contribution >= 0.6 is 11.6 Å². The molecule has 2 N–H and O–H groups in total. The molecule has 0 amide bonds. The van der Waals surface area contributed by atoms with Crippen LogP contribution in [0.15, 0.2) is 17.1 Å². The number of alkyl halides is 1. The van der Waals surface area contributed by atoms with Crippen molar-refractivity contribution in [2.45, 2.75) is 6.92 Å². The summed E-state index contributed by atoms with van der Waals surface area (Å²) in [6.07, 6.45) is 0. The van der Waals surface area contributed by atoms with E-state index in [2.05, 4.69) is 4.99 Å². The number of aliphatic imine (C=N–C) groups is 1. The second-order valence-electron chi connectivity index (χ2n) is 3.23. The minimum atomic E-state index is 0.202. The zero-order chi connectivity index (χ0) is 12.1. The molecule has 0 atom stereocenters. The molecule has 0 spiro atoms. The molecule has 0 saturated carbocycles. The first-order chi connectivity index (χ1) is 7.62. The van der Waals surface area contributed by atoms with E-state index < -0.39 is 0 Å². The van der Waals surface area contributed by atoms with E-state index in [1.54, 1.807) is 20.3 Å². The standard InChI is InChI=1S/C11H15ClN2O2/c1-7-4-9(15-2)10(16-3)5-8(7)14-11(13)6-12/h4-5H,6H2,1-3H3,(H2,13,14). The van der Waals surface area contributed by atoms with Gasteiger partial charge in [0.15, 0.2) is 11.5 Å². The number of nitrogens with zero attached hydrogens (tertiary/aromatic N) is 1. The molecule has 0 fully saturated rings. The molecule has 1 rings (SSSR count). The second kappa shape index (κ2) is 5.61. The first kappa shape index (κ1) is 12.6. The Morgan fingerprint density at radius 2 is 1.88 bits per heavy atom. The Labute approximate surface area is 100 Å². The first-order valence-corrected chi connectivity index (χ1v) is 5.27. The van der Waals surface area contributed by atoms with E-state index in [9.17, 15) is 0 Å². The van der Waals surface area contributed by atoms with Crippen molar-refractivity contribution in [3.8, 4) is 11.5 Å². The fourth-order valence-electron chi connectivity index (χ4n) is 1.27. The fourth-order valence-corrected chi connectivity index (χ4v) is 1.33. The van der Waals surface area contributed by atoms with Gasteiger partial charge in [-0.1, -0.05) is 0 Å². The van der Waals surface area contributed by atoms with Crippen LogP contribution in [-0.4, -0.2) is 25.9 Å². The van der Waals surface area contributed by atoms with Crippen LogP contribution in [0.2, 0.25) is 0 Å². The quantitative estimate of drug-likeness (QED) is 0.501. The van der Waals surface area contributed by atoms with Crippen LogP contribution in [0.4, 0.5) is 5.69 Å². The molecule has 1 aromatic rings. The SMILES string of the molecule is COc1cc(C)c(N=C(N)CCl)cc1OC. The summed E-state index contributed by atoms with van der Waals surface area (Å²) in [6.45, 7) is 1.92. The summed E-state index contributed by atoms with van der Waals surface area (Å²) in [5.41, 5.74) is 7.26. The third kappa shape index (κ3) is 2.79. The van der Waals surface area contributed by atoms with Crippen molar-refractivity contribution in [1.29, 1.82) is 0 Å². The summed E-state index contributed by atoms with van der Waals surface area (Å²) < 4.78 is 10.4. The molecule has 0 radical (unpaired) electrons. The van der Waals surface area contributed by atoms with E-state index in [1.807, 2.05) is 13.0 Å². The molecule has 0 aliphatic carbocycles. The highest BCUT2D eigenvalue weighted by atomic mass is 35.5. The molecule has 0 aliphatic rings. The average molecular weight is 243 g/mol. The lowest BCUT2D eigenvalue weighted by Gasteiger charge is -2.10. The number of halogens is 1. The number of hydrogen-bond acceptors (Lipinski definition) is 3. The van der Waals surface area contributed by atoms with Crippen molar-refractivity contribution in [2.24, 2.45) is 10.7 Å². The number of benzene rings is 1. The van der Waals surface area contributed by atoms with Gasteiger partial charge < -0.3 is 15.2 Å². The summed E-state index contributed by atoms with van der Waals surface area (Å²) in [5.74, 6) is 1.86. The Bertz CT molecular complexity index is 405. The Kier molecular flexibility index (Phi) is 4.43. The third-order valence-corrected chi connectivity index (χ3v) is 2.38. The lowest BCUT2D eigenvalue weighted by Crippen LogP contribution is -2.12. The number of aryl methyl sites for hydroxylation is 1. The predicted octanol–water partition coefficient (Wildman–Crippen LogP) is 2.24. The molecule has 5 heteroatoms. The number of amidine groups is 1. The highest BCUT2D eigenvalue weighted by molar-refractivity contribution is 6.28. The Morgan fingerprint density at radius 3 is 2.38 bits per heavy atom. The van der Waals surface area contributed by atoms with Gasteiger partial charge in [-0.05, 0) is 18.6 Å². The van der Waals surface area contributed by atoms with E-state index >= 15 is 0 Å². The molecule has 0 aliphatic heterocycles. The fraction of sp³-hybridized carbons (Fsp3) is 0.364. The van der Waals surface area contributed by atoms with Gasteiger partial charge in [0, 0.05) is 6.07 Å². The molecule has 16 heavy (non-hydrogen) atoms. The van der Waals surface area contributed by atoms with Crippen LogP contribution in [-0.2, 0) is 0 Å². The summed E-state index contributed by atoms with van der Waals surface area (Å²) in [5, 5.41) is 0. The normalized spacial score (nSPS) is 11.4. The zero-order valence-corrected chi connectivity index (χ0v) is 10.3. The van der Waals surface area contributed by atoms with Crippen LogP contribution in [0.25, 0.3) is 0 Å². The van der Waals surface area contributed by atoms with Gasteiger partial charge in [-0.2, -0.15) is 0 Å². The van der Waals surface area contributed by atoms with Crippen LogP contribution in [0, 0.1) is 6.92 Å². The largest absolute Gasteiger partial charge is 0.493 e. The number of nitrogens with two attached hydrogens (primary N) is 1. The monoisotopic (exact) mass is 242 g/mol. The zero-order valence-electron chi connectivity index (χ0n) is 9.58. The van der Waals surface area contributed by atoms with Gasteiger partial charge in [0.25, 0.3) is 0 Å². The molecule has 0 unspecified atom stereocenters. The minimum absolute atomic E-state index is 0.202. The minimum Gasteiger partial charge on any atom is -0.493 e. The average Bonchev–Trinajstić information content (AvgIpc) is 2.30. The number of rotatable bonds is 4. The second-order valence-corrected chi connectivity index (χ2v) is 3.50. The molecular weight excluding hydrogens is 228 g/mol. The number of hydrogen-bond donors (Lipinski definition) is 1. The Hall–Kier alpha value is -1.42. The summed E-state index contributed by atoms with van der Waals surface area (Å²) in [4.78, 5) is 4.19. The van der Waals surface area contributed by atoms with Crippen LogP contribution in [0.3, 0.4) is 0 Å². The maximum absolute atomic E-state index is 5.58. The molecule has 0 bridgehead atoms. The molecule has 0 saturated heterocycles. The van der Waals surface area contributed by atoms with E-state index in [4.69, 9.17) is 26.8 Å². The topological polar surface area (TPSA) is 56.8 Å². The third-order valence-electron chi connectivity index (χ3n) is 2.10. The first-order valence-electron chi connectivity index (χ1n) is 4.74. The molecule has 4 nitrogen and oxygen atoms in total. The van der Waals surface area contributed by atoms with Gasteiger partial charge in [0.05, 0.1) is 25.8 Å². The van der Waals surface area contributed by atoms with Crippen LogP contribution in [0.1, 0.15) is 5.56 Å². The maximum atomic E-state index is 5.58. The van der Waals surface area contributed by atoms with Crippen molar-refractivity contribution in [3.63, 3.8) is 0 Å². The molecule has 0 heterocycles. The summed E-state index contributed by atoms with van der Waals surface area (Å²) in [6, 6.07) is 3.62. The van der Waals surface area contributed by atoms with Crippen molar-refractivity contribution in [1.82, 2.24) is 0 Å². The van der Waals surface area contributed by atoms with Crippen LogP contribution < -0.4 is 15.2 Å². The lowest BCUT2D eigenvalue weighted by atomic mass is 10.2. The van der Waals surface area contributed by atoms with Gasteiger partial charge in [-0.15, -0.1) is 11.6 Å². The highest BCUT2D eigenvalue weighted by Gasteiger charge is 2.08. The van der Waals surface area contributed by atoms with Crippen molar-refractivity contribution in [2.75, 3.05) is 20.1 Å². The molecule has 0 aromatic heterocycles. The van der Waals surface area contributed by atoms with Crippen LogP contribution in [0.5, 0.6) is 11.5 Å². The number of ether oxygens (including phenoxy) is 2. The number of methoxy groups -OCH3 is 2. The maximum Gasteiger partial charge on any atom is 0.162 e. The van der Waals surface area contributed by atoms with Gasteiger partial charge >= 0.3 is 0 Å². The van der Waals surface area contributed by atoms with Crippen molar-refractivity contribution < 1.29 is 9.47 Å². The van der Waals surface area contributed by atoms with Gasteiger partial charge in [0.2, 0.25) is 0 Å². The van der Waals surface area contributed by atoms with Gasteiger partial charge in [-0.3, -0.25) is 0 Å². The van der Waals surface area contributed by atoms with Gasteiger partial charge in [0.1, 0.15) is 5.84 Å². The Morgan fingerprint density at radius 1 is 1.31 bits per heavy atom. The van der Waals surface area contributed by atoms with Crippen molar-refractivity contribution >= 4 is 23.1 Å². The molecule has 1 aromatic carbocycles. The highest BCUT2D eigenvalue weighted by Crippen LogP contribution is 2.34. The van der Waals surface area contributed by atoms with E-state index in [0.29, 0.717) is 17.3 Å². The Balaban J connectivity index is 3.21. The lowest BCUT2D eigenvalue weighted by molar-refractivity contribution is 0.355. The van der Waals surface area contributed by atoms with Crippen molar-refractivity contribution in [3.05, 3.63) is 17.7 Å². The van der Waals surface area contributed by atoms with Gasteiger partial charge in [-0.25, -0.2) is 4.99 Å². The smallest absolute Gasteiger partial charge is 0.162 e. The van der Waals surface area contributed by atoms with E-state index in [0.717, 1.165) is 11.3 Å². The summed E-state index contributed by atoms with van der Waals surface area (Å²) >= 11 is 5.57. The van der Waals surface area contributed by atoms with E-state index in [1.165, 1.54) is 0 Å². The van der Waals surface area contributed by atoms with E-state index in [-0.39, 0.29) is 5.88 Å². The molecule has 88 valence electrons.